The fraction of sp³-hybridized carbons (Fsp3) is 0.182. The number of hydrogen-bond acceptors (Lipinski definition) is 6. The molecule has 152 valence electrons. The van der Waals surface area contributed by atoms with E-state index in [-0.39, 0.29) is 30.5 Å². The molecule has 0 saturated carbocycles. The van der Waals surface area contributed by atoms with Gasteiger partial charge in [-0.15, -0.1) is 0 Å². The second-order valence-corrected chi connectivity index (χ2v) is 6.75. The number of benzene rings is 1. The molecule has 0 fully saturated rings. The van der Waals surface area contributed by atoms with Crippen molar-refractivity contribution in [2.75, 3.05) is 6.54 Å². The highest BCUT2D eigenvalue weighted by molar-refractivity contribution is 6.06. The summed E-state index contributed by atoms with van der Waals surface area (Å²) < 4.78 is 10.6. The number of nitrogens with zero attached hydrogens (tertiary/aromatic N) is 2. The summed E-state index contributed by atoms with van der Waals surface area (Å²) in [4.78, 5) is 29.3. The Labute approximate surface area is 172 Å². The minimum Gasteiger partial charge on any atom is -0.463 e. The van der Waals surface area contributed by atoms with Crippen LogP contribution in [0.2, 0.25) is 0 Å². The van der Waals surface area contributed by atoms with Gasteiger partial charge in [0.25, 0.3) is 11.6 Å². The smallest absolute Gasteiger partial charge is 0.259 e. The van der Waals surface area contributed by atoms with Crippen molar-refractivity contribution in [2.24, 2.45) is 0 Å². The lowest BCUT2D eigenvalue weighted by Gasteiger charge is -2.08. The Morgan fingerprint density at radius 3 is 2.67 bits per heavy atom. The minimum atomic E-state index is -0.336. The third-order valence-corrected chi connectivity index (χ3v) is 4.61. The van der Waals surface area contributed by atoms with Gasteiger partial charge >= 0.3 is 0 Å². The maximum Gasteiger partial charge on any atom is 0.259 e. The summed E-state index contributed by atoms with van der Waals surface area (Å²) >= 11 is 0. The molecular formula is C22H20N4O4. The first-order valence-electron chi connectivity index (χ1n) is 9.51. The van der Waals surface area contributed by atoms with Gasteiger partial charge in [-0.1, -0.05) is 35.5 Å². The van der Waals surface area contributed by atoms with Gasteiger partial charge in [-0.25, -0.2) is 4.98 Å². The number of fused-ring (bicyclic) bond motifs is 1. The van der Waals surface area contributed by atoms with Crippen molar-refractivity contribution in [3.05, 3.63) is 71.6 Å². The second-order valence-electron chi connectivity index (χ2n) is 6.75. The molecule has 2 amide bonds. The molecule has 0 aliphatic heterocycles. The lowest BCUT2D eigenvalue weighted by atomic mass is 10.1. The normalized spacial score (nSPS) is 10.8. The quantitative estimate of drug-likeness (QED) is 0.489. The largest absolute Gasteiger partial charge is 0.463 e. The van der Waals surface area contributed by atoms with E-state index in [1.807, 2.05) is 30.3 Å². The molecule has 0 aliphatic carbocycles. The Bertz CT molecular complexity index is 1170. The molecule has 3 aromatic heterocycles. The van der Waals surface area contributed by atoms with E-state index < -0.39 is 0 Å². The van der Waals surface area contributed by atoms with Crippen molar-refractivity contribution in [2.45, 2.75) is 19.9 Å². The number of aromatic nitrogens is 2. The Morgan fingerprint density at radius 1 is 1.07 bits per heavy atom. The zero-order valence-corrected chi connectivity index (χ0v) is 16.3. The van der Waals surface area contributed by atoms with Crippen LogP contribution >= 0.6 is 0 Å². The molecule has 0 unspecified atom stereocenters. The van der Waals surface area contributed by atoms with Gasteiger partial charge in [0.05, 0.1) is 22.9 Å². The number of aryl methyl sites for hydroxylation is 1. The van der Waals surface area contributed by atoms with Crippen molar-refractivity contribution < 1.29 is 18.5 Å². The lowest BCUT2D eigenvalue weighted by molar-refractivity contribution is -0.121. The number of carbonyl (C=O) groups excluding carboxylic acids is 2. The van der Waals surface area contributed by atoms with Crippen molar-refractivity contribution >= 4 is 22.9 Å². The number of rotatable bonds is 7. The monoisotopic (exact) mass is 404 g/mol. The van der Waals surface area contributed by atoms with E-state index in [0.29, 0.717) is 34.6 Å². The van der Waals surface area contributed by atoms with E-state index in [4.69, 9.17) is 8.94 Å². The predicted molar refractivity (Wildman–Crippen MR) is 109 cm³/mol. The van der Waals surface area contributed by atoms with Gasteiger partial charge in [-0.3, -0.25) is 9.59 Å². The molecule has 4 rings (SSSR count). The van der Waals surface area contributed by atoms with E-state index in [2.05, 4.69) is 20.8 Å². The van der Waals surface area contributed by atoms with Gasteiger partial charge in [0, 0.05) is 19.5 Å². The fourth-order valence-electron chi connectivity index (χ4n) is 3.09. The second kappa shape index (κ2) is 8.60. The van der Waals surface area contributed by atoms with Gasteiger partial charge in [-0.05, 0) is 30.7 Å². The topological polar surface area (TPSA) is 110 Å². The molecule has 8 heteroatoms. The zero-order chi connectivity index (χ0) is 20.9. The fourth-order valence-corrected chi connectivity index (χ4v) is 3.09. The van der Waals surface area contributed by atoms with E-state index >= 15 is 0 Å². The molecule has 4 aromatic rings. The van der Waals surface area contributed by atoms with Gasteiger partial charge in [0.15, 0.2) is 5.76 Å². The van der Waals surface area contributed by atoms with E-state index in [1.165, 1.54) is 6.26 Å². The number of carbonyl (C=O) groups is 2. The molecule has 0 atom stereocenters. The predicted octanol–water partition coefficient (Wildman–Crippen LogP) is 3.23. The van der Waals surface area contributed by atoms with Crippen LogP contribution in [0.3, 0.4) is 0 Å². The molecule has 0 spiro atoms. The molecular weight excluding hydrogens is 384 g/mol. The molecule has 0 bridgehead atoms. The summed E-state index contributed by atoms with van der Waals surface area (Å²) in [5.74, 6) is 0.0362. The van der Waals surface area contributed by atoms with Crippen LogP contribution in [0.4, 0.5) is 0 Å². The van der Waals surface area contributed by atoms with Gasteiger partial charge in [-0.2, -0.15) is 0 Å². The molecule has 0 saturated heterocycles. The molecule has 0 aliphatic rings. The van der Waals surface area contributed by atoms with Gasteiger partial charge in [0.2, 0.25) is 5.91 Å². The Balaban J connectivity index is 1.41. The van der Waals surface area contributed by atoms with Crippen LogP contribution in [0.1, 0.15) is 28.0 Å². The summed E-state index contributed by atoms with van der Waals surface area (Å²) in [6, 6.07) is 14.8. The molecule has 0 radical (unpaired) electrons. The maximum absolute atomic E-state index is 12.8. The van der Waals surface area contributed by atoms with Crippen LogP contribution in [-0.2, 0) is 11.3 Å². The summed E-state index contributed by atoms with van der Waals surface area (Å²) in [6.45, 7) is 2.39. The average Bonchev–Trinajstić information content (AvgIpc) is 3.43. The average molecular weight is 404 g/mol. The van der Waals surface area contributed by atoms with E-state index in [1.54, 1.807) is 25.1 Å². The first kappa shape index (κ1) is 19.4. The highest BCUT2D eigenvalue weighted by atomic mass is 16.5. The number of nitrogens with one attached hydrogen (secondary N) is 2. The van der Waals surface area contributed by atoms with Crippen LogP contribution in [-0.4, -0.2) is 28.5 Å². The third-order valence-electron chi connectivity index (χ3n) is 4.61. The number of hydrogen-bond donors (Lipinski definition) is 2. The van der Waals surface area contributed by atoms with Gasteiger partial charge in [0.1, 0.15) is 5.69 Å². The van der Waals surface area contributed by atoms with Crippen LogP contribution in [0.15, 0.2) is 63.7 Å². The van der Waals surface area contributed by atoms with Crippen LogP contribution < -0.4 is 10.6 Å². The maximum atomic E-state index is 12.8. The first-order valence-corrected chi connectivity index (χ1v) is 9.51. The zero-order valence-electron chi connectivity index (χ0n) is 16.3. The SMILES string of the molecule is Cc1noc2nc(-c3ccco3)cc(C(=O)NCCC(=O)NCc3ccccc3)c12. The van der Waals surface area contributed by atoms with Crippen LogP contribution in [0.5, 0.6) is 0 Å². The summed E-state index contributed by atoms with van der Waals surface area (Å²) in [6.07, 6.45) is 1.70. The summed E-state index contributed by atoms with van der Waals surface area (Å²) in [5.41, 5.74) is 2.67. The van der Waals surface area contributed by atoms with Crippen molar-refractivity contribution in [1.29, 1.82) is 0 Å². The highest BCUT2D eigenvalue weighted by Crippen LogP contribution is 2.27. The Kier molecular flexibility index (Phi) is 5.56. The third kappa shape index (κ3) is 4.22. The van der Waals surface area contributed by atoms with Crippen molar-refractivity contribution in [3.8, 4) is 11.5 Å². The first-order chi connectivity index (χ1) is 14.6. The van der Waals surface area contributed by atoms with Gasteiger partial charge < -0.3 is 19.6 Å². The van der Waals surface area contributed by atoms with E-state index in [9.17, 15) is 9.59 Å². The molecule has 1 aromatic carbocycles. The minimum absolute atomic E-state index is 0.142. The number of furan rings is 1. The molecule has 30 heavy (non-hydrogen) atoms. The molecule has 3 heterocycles. The summed E-state index contributed by atoms with van der Waals surface area (Å²) in [5, 5.41) is 10.1. The Morgan fingerprint density at radius 2 is 1.90 bits per heavy atom. The standard InChI is InChI=1S/C22H20N4O4/c1-14-20-16(12-17(18-8-5-11-29-18)25-22(20)30-26-14)21(28)23-10-9-19(27)24-13-15-6-3-2-4-7-15/h2-8,11-12H,9-10,13H2,1H3,(H,23,28)(H,24,27). The lowest BCUT2D eigenvalue weighted by Crippen LogP contribution is -2.30. The molecule has 2 N–H and O–H groups in total. The van der Waals surface area contributed by atoms with Crippen molar-refractivity contribution in [3.63, 3.8) is 0 Å². The highest BCUT2D eigenvalue weighted by Gasteiger charge is 2.20. The van der Waals surface area contributed by atoms with E-state index in [0.717, 1.165) is 5.56 Å². The summed E-state index contributed by atoms with van der Waals surface area (Å²) in [7, 11) is 0. The van der Waals surface area contributed by atoms with Crippen LogP contribution in [0, 0.1) is 6.92 Å². The van der Waals surface area contributed by atoms with Crippen molar-refractivity contribution in [1.82, 2.24) is 20.8 Å². The number of pyridine rings is 1. The van der Waals surface area contributed by atoms with Crippen LogP contribution in [0.25, 0.3) is 22.6 Å². The Hall–Kier alpha value is -3.94. The molecule has 8 nitrogen and oxygen atoms in total. The number of amides is 2.